The van der Waals surface area contributed by atoms with Crippen molar-refractivity contribution in [1.82, 2.24) is 0 Å². The van der Waals surface area contributed by atoms with Gasteiger partial charge in [-0.3, -0.25) is 0 Å². The van der Waals surface area contributed by atoms with E-state index in [1.54, 1.807) is 0 Å². The van der Waals surface area contributed by atoms with Crippen molar-refractivity contribution in [3.05, 3.63) is 119 Å². The summed E-state index contributed by atoms with van der Waals surface area (Å²) in [6.45, 7) is 32.5. The van der Waals surface area contributed by atoms with E-state index in [9.17, 15) is 14.7 Å². The van der Waals surface area contributed by atoms with Crippen molar-refractivity contribution in [2.45, 2.75) is 131 Å². The van der Waals surface area contributed by atoms with Crippen molar-refractivity contribution in [3.8, 4) is 11.1 Å². The van der Waals surface area contributed by atoms with Gasteiger partial charge in [-0.15, -0.1) is 0 Å². The first kappa shape index (κ1) is 40.1. The molecule has 286 valence electrons. The number of hydrogen-bond acceptors (Lipinski definition) is 3. The maximum atomic E-state index is 13.4. The Bertz CT molecular complexity index is 2440. The molecule has 0 saturated heterocycles. The third-order valence-electron chi connectivity index (χ3n) is 11.2. The standard InChI is InChI=1S/C50H63O3P/c1-46(2,3)36-22-20-31-26-39(40(48(7,8)9)28-34(31)24-36)44-38-19-17-16-18-33(38)27-42(50(13,14)15)45(44)54(51,52,53)43-30-32-21-23-37(47(4,5)6)25-35(32)29-41(43)49(10,11)12/h16-30,51-53H,1-15H3. The summed E-state index contributed by atoms with van der Waals surface area (Å²) in [4.78, 5) is 40.3. The molecule has 3 nitrogen and oxygen atoms in total. The van der Waals surface area contributed by atoms with Crippen molar-refractivity contribution in [3.63, 3.8) is 0 Å². The Morgan fingerprint density at radius 3 is 1.31 bits per heavy atom. The van der Waals surface area contributed by atoms with Crippen LogP contribution in [0.5, 0.6) is 0 Å². The van der Waals surface area contributed by atoms with Gasteiger partial charge in [0, 0.05) is 0 Å². The Kier molecular flexibility index (Phi) is 9.25. The van der Waals surface area contributed by atoms with Crippen LogP contribution in [0.15, 0.2) is 91.0 Å². The topological polar surface area (TPSA) is 60.7 Å². The van der Waals surface area contributed by atoms with Gasteiger partial charge < -0.3 is 0 Å². The number of benzene rings is 6. The molecule has 3 N–H and O–H groups in total. The monoisotopic (exact) mass is 742 g/mol. The maximum absolute atomic E-state index is 13.4. The average molecular weight is 743 g/mol. The van der Waals surface area contributed by atoms with Gasteiger partial charge in [-0.05, 0) is 0 Å². The quantitative estimate of drug-likeness (QED) is 0.158. The minimum absolute atomic E-state index is 0.0139. The normalized spacial score (nSPS) is 14.5. The number of fused-ring (bicyclic) bond motifs is 3. The van der Waals surface area contributed by atoms with Crippen LogP contribution in [-0.4, -0.2) is 14.7 Å². The molecular formula is C50H63O3P. The van der Waals surface area contributed by atoms with Crippen LogP contribution in [0.4, 0.5) is 0 Å². The van der Waals surface area contributed by atoms with Gasteiger partial charge >= 0.3 is 326 Å². The molecule has 0 aliphatic heterocycles. The first-order valence-electron chi connectivity index (χ1n) is 19.5. The molecule has 0 bridgehead atoms. The van der Waals surface area contributed by atoms with Crippen molar-refractivity contribution >= 4 is 50.2 Å². The SMILES string of the molecule is CC(C)(C)c1ccc2cc(-c3c(P(O)(O)(O)c4cc5ccc(C(C)(C)C)cc5cc4C(C)(C)C)c(C(C)(C)C)cc4ccccc34)c(C(C)(C)C)cc2c1. The van der Waals surface area contributed by atoms with E-state index in [2.05, 4.69) is 177 Å². The summed E-state index contributed by atoms with van der Waals surface area (Å²) >= 11 is 0. The summed E-state index contributed by atoms with van der Waals surface area (Å²) in [6, 6.07) is 31.7. The Morgan fingerprint density at radius 1 is 0.389 bits per heavy atom. The van der Waals surface area contributed by atoms with Crippen LogP contribution < -0.4 is 10.6 Å². The molecule has 0 radical (unpaired) electrons. The van der Waals surface area contributed by atoms with Gasteiger partial charge in [0.1, 0.15) is 0 Å². The van der Waals surface area contributed by atoms with E-state index in [4.69, 9.17) is 0 Å². The molecule has 6 aromatic rings. The van der Waals surface area contributed by atoms with E-state index in [1.165, 1.54) is 11.1 Å². The molecule has 0 spiro atoms. The fourth-order valence-corrected chi connectivity index (χ4v) is 11.0. The van der Waals surface area contributed by atoms with Gasteiger partial charge in [-0.25, -0.2) is 0 Å². The van der Waals surface area contributed by atoms with Gasteiger partial charge in [-0.1, -0.05) is 0 Å². The van der Waals surface area contributed by atoms with E-state index < -0.39 is 18.1 Å². The summed E-state index contributed by atoms with van der Waals surface area (Å²) in [5.74, 6) is 0. The summed E-state index contributed by atoms with van der Waals surface area (Å²) in [6.07, 6.45) is 0. The zero-order valence-electron chi connectivity index (χ0n) is 35.4. The first-order valence-corrected chi connectivity index (χ1v) is 21.6. The molecule has 0 aliphatic rings. The van der Waals surface area contributed by atoms with Crippen molar-refractivity contribution in [2.24, 2.45) is 0 Å². The predicted octanol–water partition coefficient (Wildman–Crippen LogP) is 12.5. The third-order valence-corrected chi connectivity index (χ3v) is 13.8. The molecule has 0 aromatic heterocycles. The zero-order chi connectivity index (χ0) is 40.2. The summed E-state index contributed by atoms with van der Waals surface area (Å²) in [5.41, 5.74) is 5.07. The summed E-state index contributed by atoms with van der Waals surface area (Å²) < 4.78 is 0. The van der Waals surface area contributed by atoms with Gasteiger partial charge in [0.25, 0.3) is 0 Å². The van der Waals surface area contributed by atoms with Crippen LogP contribution in [0.25, 0.3) is 43.4 Å². The molecule has 0 heterocycles. The van der Waals surface area contributed by atoms with E-state index >= 15 is 0 Å². The zero-order valence-corrected chi connectivity index (χ0v) is 36.3. The number of hydrogen-bond donors (Lipinski definition) is 3. The third kappa shape index (κ3) is 7.14. The van der Waals surface area contributed by atoms with Gasteiger partial charge in [0.05, 0.1) is 0 Å². The van der Waals surface area contributed by atoms with Gasteiger partial charge in [-0.2, -0.15) is 0 Å². The van der Waals surface area contributed by atoms with Gasteiger partial charge in [0.15, 0.2) is 0 Å². The predicted molar refractivity (Wildman–Crippen MR) is 237 cm³/mol. The Balaban J connectivity index is 1.84. The first-order chi connectivity index (χ1) is 24.5. The molecule has 0 amide bonds. The van der Waals surface area contributed by atoms with Crippen molar-refractivity contribution < 1.29 is 14.7 Å². The molecule has 6 aromatic carbocycles. The molecule has 4 heteroatoms. The van der Waals surface area contributed by atoms with Gasteiger partial charge in [0.2, 0.25) is 0 Å². The van der Waals surface area contributed by atoms with E-state index in [1.807, 2.05) is 18.2 Å². The van der Waals surface area contributed by atoms with Crippen LogP contribution in [0, 0.1) is 0 Å². The molecule has 6 rings (SSSR count). The van der Waals surface area contributed by atoms with Crippen LogP contribution in [0.3, 0.4) is 0 Å². The molecule has 0 saturated carbocycles. The molecule has 0 unspecified atom stereocenters. The second kappa shape index (κ2) is 12.5. The van der Waals surface area contributed by atoms with Crippen LogP contribution >= 0.6 is 7.28 Å². The van der Waals surface area contributed by atoms with Crippen LogP contribution in [0.2, 0.25) is 0 Å². The molecule has 0 fully saturated rings. The Morgan fingerprint density at radius 2 is 0.833 bits per heavy atom. The fourth-order valence-electron chi connectivity index (χ4n) is 8.01. The average Bonchev–Trinajstić information content (AvgIpc) is 3.03. The van der Waals surface area contributed by atoms with E-state index in [-0.39, 0.29) is 26.9 Å². The summed E-state index contributed by atoms with van der Waals surface area (Å²) in [5, 5.41) is 6.34. The van der Waals surface area contributed by atoms with Crippen LogP contribution in [-0.2, 0) is 27.1 Å². The second-order valence-corrected chi connectivity index (χ2v) is 23.9. The van der Waals surface area contributed by atoms with Crippen LogP contribution in [0.1, 0.15) is 132 Å². The molecule has 54 heavy (non-hydrogen) atoms. The van der Waals surface area contributed by atoms with Crippen molar-refractivity contribution in [2.75, 3.05) is 0 Å². The second-order valence-electron chi connectivity index (χ2n) is 21.0. The Hall–Kier alpha value is -3.59. The minimum atomic E-state index is -5.99. The van der Waals surface area contributed by atoms with E-state index in [0.29, 0.717) is 11.1 Å². The number of rotatable bonds is 3. The fraction of sp³-hybridized carbons (Fsp3) is 0.400. The molecule has 0 aliphatic carbocycles. The Labute approximate surface area is 324 Å². The van der Waals surface area contributed by atoms with Crippen molar-refractivity contribution in [1.29, 1.82) is 0 Å². The molecule has 0 atom stereocenters. The summed E-state index contributed by atoms with van der Waals surface area (Å²) in [7, 11) is -5.99. The van der Waals surface area contributed by atoms with E-state index in [0.717, 1.165) is 49.0 Å². The molecular weight excluding hydrogens is 680 g/mol.